The molecule has 0 radical (unpaired) electrons. The van der Waals surface area contributed by atoms with Gasteiger partial charge in [-0.3, -0.25) is 9.58 Å². The van der Waals surface area contributed by atoms with Crippen LogP contribution in [0.1, 0.15) is 67.6 Å². The molecule has 1 aromatic carbocycles. The zero-order valence-electron chi connectivity index (χ0n) is 22.7. The molecule has 4 rings (SSSR count). The average Bonchev–Trinajstić information content (AvgIpc) is 3.35. The van der Waals surface area contributed by atoms with E-state index in [1.165, 1.54) is 0 Å². The molecule has 1 aliphatic heterocycles. The molecule has 0 spiro atoms. The van der Waals surface area contributed by atoms with Gasteiger partial charge in [0.2, 0.25) is 6.41 Å². The first-order chi connectivity index (χ1) is 18.2. The van der Waals surface area contributed by atoms with Crippen LogP contribution in [0.5, 0.6) is 0 Å². The number of aliphatic hydroxyl groups excluding tert-OH is 1. The summed E-state index contributed by atoms with van der Waals surface area (Å²) in [5.74, 6) is 0.248. The van der Waals surface area contributed by atoms with E-state index in [9.17, 15) is 23.5 Å². The molecular formula is C27H34F3N7O2. The summed E-state index contributed by atoms with van der Waals surface area (Å²) in [5.41, 5.74) is 7.94. The number of hydrogen-bond acceptors (Lipinski definition) is 7. The third-order valence-electron chi connectivity index (χ3n) is 6.69. The number of likely N-dealkylation sites (tertiary alicyclic amines) is 1. The summed E-state index contributed by atoms with van der Waals surface area (Å²) in [5, 5.41) is 29.5. The van der Waals surface area contributed by atoms with Gasteiger partial charge in [0.1, 0.15) is 23.1 Å². The number of alkyl halides is 3. The Balaban J connectivity index is 1.56. The number of anilines is 1. The van der Waals surface area contributed by atoms with Crippen LogP contribution in [0.25, 0.3) is 11.3 Å². The normalized spacial score (nSPS) is 16.4. The SMILES string of the molecule is Cc1cc(Cn2cc(-c3nn(C4CCN(C(O)OC(C)(C)C)CC4)c(N)c3C#N)c(C)n2)cc(C(F)(F)F)c1. The van der Waals surface area contributed by atoms with Crippen molar-refractivity contribution in [2.75, 3.05) is 18.8 Å². The minimum atomic E-state index is -4.44. The van der Waals surface area contributed by atoms with E-state index in [4.69, 9.17) is 15.6 Å². The maximum Gasteiger partial charge on any atom is 0.416 e. The number of aryl methyl sites for hydroxylation is 2. The van der Waals surface area contributed by atoms with Crippen molar-refractivity contribution in [3.63, 3.8) is 0 Å². The van der Waals surface area contributed by atoms with E-state index in [0.29, 0.717) is 54.0 Å². The summed E-state index contributed by atoms with van der Waals surface area (Å²) in [7, 11) is 0. The molecule has 0 bridgehead atoms. The van der Waals surface area contributed by atoms with Crippen LogP contribution in [-0.4, -0.2) is 54.7 Å². The Labute approximate surface area is 225 Å². The molecule has 2 aromatic heterocycles. The van der Waals surface area contributed by atoms with Gasteiger partial charge in [0.15, 0.2) is 0 Å². The predicted molar refractivity (Wildman–Crippen MR) is 139 cm³/mol. The lowest BCUT2D eigenvalue weighted by Crippen LogP contribution is -2.46. The minimum absolute atomic E-state index is 0.0765. The van der Waals surface area contributed by atoms with Gasteiger partial charge in [-0.25, -0.2) is 4.68 Å². The molecule has 3 heterocycles. The third-order valence-corrected chi connectivity index (χ3v) is 6.69. The van der Waals surface area contributed by atoms with Gasteiger partial charge in [0.05, 0.1) is 29.4 Å². The third kappa shape index (κ3) is 6.43. The second-order valence-corrected chi connectivity index (χ2v) is 11.0. The van der Waals surface area contributed by atoms with Crippen LogP contribution in [0, 0.1) is 25.2 Å². The summed E-state index contributed by atoms with van der Waals surface area (Å²) in [6.07, 6.45) is -2.48. The first-order valence-electron chi connectivity index (χ1n) is 12.8. The molecule has 1 aliphatic rings. The molecule has 1 unspecified atom stereocenters. The standard InChI is InChI=1S/C27H34F3N7O2/c1-16-10-18(12-19(11-16)27(28,29)30)14-36-15-22(17(2)33-36)23-21(13-31)24(32)37(34-23)20-6-8-35(9-7-20)25(38)39-26(3,4)5/h10-12,15,20,25,38H,6-9,14,32H2,1-5H3. The van der Waals surface area contributed by atoms with E-state index < -0.39 is 23.8 Å². The van der Waals surface area contributed by atoms with Crippen LogP contribution < -0.4 is 5.73 Å². The van der Waals surface area contributed by atoms with Crippen molar-refractivity contribution in [2.45, 2.75) is 78.2 Å². The van der Waals surface area contributed by atoms with E-state index in [1.54, 1.807) is 35.5 Å². The molecule has 12 heteroatoms. The number of rotatable bonds is 6. The molecule has 0 saturated carbocycles. The second-order valence-electron chi connectivity index (χ2n) is 11.0. The van der Waals surface area contributed by atoms with Gasteiger partial charge in [-0.2, -0.15) is 28.6 Å². The first kappa shape index (κ1) is 28.6. The number of piperidine rings is 1. The van der Waals surface area contributed by atoms with Crippen LogP contribution in [0.3, 0.4) is 0 Å². The largest absolute Gasteiger partial charge is 0.416 e. The molecule has 1 fully saturated rings. The number of ether oxygens (including phenoxy) is 1. The lowest BCUT2D eigenvalue weighted by atomic mass is 10.1. The predicted octanol–water partition coefficient (Wildman–Crippen LogP) is 4.61. The molecule has 3 aromatic rings. The molecule has 9 nitrogen and oxygen atoms in total. The second kappa shape index (κ2) is 10.6. The van der Waals surface area contributed by atoms with Gasteiger partial charge in [-0.1, -0.05) is 11.6 Å². The van der Waals surface area contributed by atoms with Crippen LogP contribution in [0.4, 0.5) is 19.0 Å². The van der Waals surface area contributed by atoms with E-state index >= 15 is 0 Å². The molecule has 0 aliphatic carbocycles. The van der Waals surface area contributed by atoms with Crippen molar-refractivity contribution in [3.8, 4) is 17.3 Å². The Kier molecular flexibility index (Phi) is 7.80. The Morgan fingerprint density at radius 2 is 1.82 bits per heavy atom. The molecular weight excluding hydrogens is 511 g/mol. The first-order valence-corrected chi connectivity index (χ1v) is 12.8. The summed E-state index contributed by atoms with van der Waals surface area (Å²) < 4.78 is 48.7. The van der Waals surface area contributed by atoms with E-state index in [2.05, 4.69) is 11.2 Å². The summed E-state index contributed by atoms with van der Waals surface area (Å²) in [6, 6.07) is 5.99. The zero-order chi connectivity index (χ0) is 28.7. The number of nitrogens with zero attached hydrogens (tertiary/aromatic N) is 6. The van der Waals surface area contributed by atoms with Crippen molar-refractivity contribution < 1.29 is 23.0 Å². The maximum atomic E-state index is 13.3. The Morgan fingerprint density at radius 1 is 1.15 bits per heavy atom. The molecule has 39 heavy (non-hydrogen) atoms. The highest BCUT2D eigenvalue weighted by Crippen LogP contribution is 2.34. The van der Waals surface area contributed by atoms with Crippen LogP contribution in [0.15, 0.2) is 24.4 Å². The van der Waals surface area contributed by atoms with Crippen molar-refractivity contribution in [2.24, 2.45) is 0 Å². The molecule has 3 N–H and O–H groups in total. The smallest absolute Gasteiger partial charge is 0.383 e. The van der Waals surface area contributed by atoms with E-state index in [1.807, 2.05) is 25.7 Å². The van der Waals surface area contributed by atoms with Gasteiger partial charge < -0.3 is 15.6 Å². The fraction of sp³-hybridized carbons (Fsp3) is 0.519. The van der Waals surface area contributed by atoms with Crippen molar-refractivity contribution in [1.82, 2.24) is 24.5 Å². The number of nitrogens with two attached hydrogens (primary N) is 1. The fourth-order valence-corrected chi connectivity index (χ4v) is 4.90. The Hall–Kier alpha value is -3.40. The van der Waals surface area contributed by atoms with Gasteiger partial charge in [-0.05, 0) is 65.2 Å². The van der Waals surface area contributed by atoms with Gasteiger partial charge in [0, 0.05) is 24.8 Å². The average molecular weight is 546 g/mol. The Bertz CT molecular complexity index is 1370. The summed E-state index contributed by atoms with van der Waals surface area (Å²) >= 11 is 0. The highest BCUT2D eigenvalue weighted by molar-refractivity contribution is 5.73. The molecule has 1 saturated heterocycles. The number of aromatic nitrogens is 4. The topological polar surface area (TPSA) is 118 Å². The number of halogens is 3. The maximum absolute atomic E-state index is 13.3. The van der Waals surface area contributed by atoms with Gasteiger partial charge in [0.25, 0.3) is 0 Å². The number of benzene rings is 1. The lowest BCUT2D eigenvalue weighted by Gasteiger charge is -2.37. The minimum Gasteiger partial charge on any atom is -0.383 e. The van der Waals surface area contributed by atoms with Crippen molar-refractivity contribution >= 4 is 5.82 Å². The van der Waals surface area contributed by atoms with Crippen LogP contribution in [0.2, 0.25) is 0 Å². The lowest BCUT2D eigenvalue weighted by molar-refractivity contribution is -0.243. The highest BCUT2D eigenvalue weighted by Gasteiger charge is 2.32. The summed E-state index contributed by atoms with van der Waals surface area (Å²) in [6.45, 7) is 10.3. The monoisotopic (exact) mass is 545 g/mol. The Morgan fingerprint density at radius 3 is 2.41 bits per heavy atom. The number of nitrogen functional groups attached to an aromatic ring is 1. The number of nitriles is 1. The zero-order valence-corrected chi connectivity index (χ0v) is 22.7. The van der Waals surface area contributed by atoms with Crippen molar-refractivity contribution in [3.05, 3.63) is 52.3 Å². The quantitative estimate of drug-likeness (QED) is 0.434. The fourth-order valence-electron chi connectivity index (χ4n) is 4.90. The number of aliphatic hydroxyl groups is 1. The van der Waals surface area contributed by atoms with Crippen LogP contribution >= 0.6 is 0 Å². The van der Waals surface area contributed by atoms with E-state index in [-0.39, 0.29) is 24.0 Å². The molecule has 1 atom stereocenters. The molecule has 210 valence electrons. The van der Waals surface area contributed by atoms with E-state index in [0.717, 1.165) is 12.1 Å². The van der Waals surface area contributed by atoms with Crippen molar-refractivity contribution in [1.29, 1.82) is 5.26 Å². The highest BCUT2D eigenvalue weighted by atomic mass is 19.4. The molecule has 0 amide bonds. The van der Waals surface area contributed by atoms with Crippen LogP contribution in [-0.2, 0) is 17.5 Å². The van der Waals surface area contributed by atoms with Gasteiger partial charge >= 0.3 is 6.18 Å². The number of hydrogen-bond donors (Lipinski definition) is 2. The summed E-state index contributed by atoms with van der Waals surface area (Å²) in [4.78, 5) is 1.84. The van der Waals surface area contributed by atoms with Gasteiger partial charge in [-0.15, -0.1) is 0 Å².